The molecule has 0 saturated carbocycles. The fraction of sp³-hybridized carbons (Fsp3) is 0.316. The zero-order valence-electron chi connectivity index (χ0n) is 14.6. The van der Waals surface area contributed by atoms with Crippen LogP contribution in [0.15, 0.2) is 53.4 Å². The van der Waals surface area contributed by atoms with Crippen molar-refractivity contribution in [3.63, 3.8) is 0 Å². The lowest BCUT2D eigenvalue weighted by Crippen LogP contribution is -2.46. The highest BCUT2D eigenvalue weighted by molar-refractivity contribution is 7.89. The highest BCUT2D eigenvalue weighted by Crippen LogP contribution is 2.18. The molecule has 3 rings (SSSR count). The largest absolute Gasteiger partial charge is 0.342 e. The van der Waals surface area contributed by atoms with E-state index in [-0.39, 0.29) is 29.1 Å². The Bertz CT molecular complexity index is 911. The minimum absolute atomic E-state index is 0.0837. The standard InChI is InChI=1S/C19H20ClFN2O3S/c20-15-4-6-18(7-5-15)27(25,26)22-17-8-10-23(11-9-17)19(24)13-14-2-1-3-16(21)12-14/h1-7,12,17,22H,8-11,13H2. The Morgan fingerprint density at radius 2 is 1.81 bits per heavy atom. The smallest absolute Gasteiger partial charge is 0.240 e. The van der Waals surface area contributed by atoms with Gasteiger partial charge in [0.1, 0.15) is 5.82 Å². The van der Waals surface area contributed by atoms with Crippen molar-refractivity contribution in [2.45, 2.75) is 30.2 Å². The topological polar surface area (TPSA) is 66.5 Å². The van der Waals surface area contributed by atoms with Crippen molar-refractivity contribution in [2.75, 3.05) is 13.1 Å². The maximum absolute atomic E-state index is 13.2. The number of nitrogens with one attached hydrogen (secondary N) is 1. The molecule has 0 aromatic heterocycles. The maximum atomic E-state index is 13.2. The van der Waals surface area contributed by atoms with Gasteiger partial charge in [0.05, 0.1) is 11.3 Å². The van der Waals surface area contributed by atoms with Crippen molar-refractivity contribution in [1.82, 2.24) is 9.62 Å². The number of benzene rings is 2. The lowest BCUT2D eigenvalue weighted by molar-refractivity contribution is -0.131. The number of nitrogens with zero attached hydrogens (tertiary/aromatic N) is 1. The monoisotopic (exact) mass is 410 g/mol. The Labute approximate surface area is 163 Å². The normalized spacial score (nSPS) is 15.7. The lowest BCUT2D eigenvalue weighted by Gasteiger charge is -2.32. The third-order valence-corrected chi connectivity index (χ3v) is 6.33. The molecule has 27 heavy (non-hydrogen) atoms. The third-order valence-electron chi connectivity index (χ3n) is 4.54. The second kappa shape index (κ2) is 8.37. The van der Waals surface area contributed by atoms with Gasteiger partial charge in [-0.3, -0.25) is 4.79 Å². The van der Waals surface area contributed by atoms with Gasteiger partial charge in [-0.15, -0.1) is 0 Å². The molecule has 144 valence electrons. The molecule has 0 radical (unpaired) electrons. The molecule has 1 amide bonds. The number of carbonyl (C=O) groups is 1. The second-order valence-corrected chi connectivity index (χ2v) is 8.69. The predicted molar refractivity (Wildman–Crippen MR) is 101 cm³/mol. The van der Waals surface area contributed by atoms with Crippen molar-refractivity contribution >= 4 is 27.5 Å². The molecule has 5 nitrogen and oxygen atoms in total. The number of rotatable bonds is 5. The molecule has 0 unspecified atom stereocenters. The number of carbonyl (C=O) groups excluding carboxylic acids is 1. The second-order valence-electron chi connectivity index (χ2n) is 6.54. The number of hydrogen-bond donors (Lipinski definition) is 1. The first kappa shape index (κ1) is 19.8. The average Bonchev–Trinajstić information content (AvgIpc) is 2.62. The molecular formula is C19H20ClFN2O3S. The van der Waals surface area contributed by atoms with Crippen LogP contribution in [0.1, 0.15) is 18.4 Å². The molecule has 1 fully saturated rings. The minimum atomic E-state index is -3.62. The van der Waals surface area contributed by atoms with Crippen LogP contribution in [0.25, 0.3) is 0 Å². The summed E-state index contributed by atoms with van der Waals surface area (Å²) in [4.78, 5) is 14.2. The Morgan fingerprint density at radius 1 is 1.15 bits per heavy atom. The quantitative estimate of drug-likeness (QED) is 0.824. The van der Waals surface area contributed by atoms with Crippen molar-refractivity contribution in [2.24, 2.45) is 0 Å². The number of sulfonamides is 1. The van der Waals surface area contributed by atoms with Crippen LogP contribution in [0, 0.1) is 5.82 Å². The molecule has 0 bridgehead atoms. The summed E-state index contributed by atoms with van der Waals surface area (Å²) < 4.78 is 40.8. The van der Waals surface area contributed by atoms with E-state index < -0.39 is 10.0 Å². The molecule has 1 saturated heterocycles. The number of halogens is 2. The first-order valence-electron chi connectivity index (χ1n) is 8.63. The van der Waals surface area contributed by atoms with Crippen LogP contribution in [0.2, 0.25) is 5.02 Å². The van der Waals surface area contributed by atoms with Crippen LogP contribution < -0.4 is 4.72 Å². The summed E-state index contributed by atoms with van der Waals surface area (Å²) in [6, 6.07) is 11.7. The van der Waals surface area contributed by atoms with Gasteiger partial charge in [0.25, 0.3) is 0 Å². The summed E-state index contributed by atoms with van der Waals surface area (Å²) in [7, 11) is -3.62. The van der Waals surface area contributed by atoms with E-state index in [4.69, 9.17) is 11.6 Å². The van der Waals surface area contributed by atoms with Crippen LogP contribution in [0.4, 0.5) is 4.39 Å². The molecule has 1 aliphatic heterocycles. The minimum Gasteiger partial charge on any atom is -0.342 e. The molecule has 2 aromatic carbocycles. The van der Waals surface area contributed by atoms with Gasteiger partial charge < -0.3 is 4.90 Å². The van der Waals surface area contributed by atoms with Gasteiger partial charge in [-0.2, -0.15) is 0 Å². The van der Waals surface area contributed by atoms with Gasteiger partial charge in [0, 0.05) is 24.2 Å². The average molecular weight is 411 g/mol. The van der Waals surface area contributed by atoms with Crippen molar-refractivity contribution < 1.29 is 17.6 Å². The van der Waals surface area contributed by atoms with E-state index in [1.54, 1.807) is 17.0 Å². The van der Waals surface area contributed by atoms with Crippen LogP contribution >= 0.6 is 11.6 Å². The molecule has 0 atom stereocenters. The molecule has 0 aliphatic carbocycles. The first-order valence-corrected chi connectivity index (χ1v) is 10.5. The fourth-order valence-corrected chi connectivity index (χ4v) is 4.51. The lowest BCUT2D eigenvalue weighted by atomic mass is 10.0. The highest BCUT2D eigenvalue weighted by atomic mass is 35.5. The van der Waals surface area contributed by atoms with Crippen molar-refractivity contribution in [3.05, 3.63) is 64.9 Å². The molecular weight excluding hydrogens is 391 g/mol. The van der Waals surface area contributed by atoms with Crippen molar-refractivity contribution in [3.8, 4) is 0 Å². The van der Waals surface area contributed by atoms with E-state index >= 15 is 0 Å². The van der Waals surface area contributed by atoms with E-state index in [2.05, 4.69) is 4.72 Å². The Hall–Kier alpha value is -1.96. The molecule has 0 spiro atoms. The van der Waals surface area contributed by atoms with Crippen LogP contribution in [-0.4, -0.2) is 38.4 Å². The van der Waals surface area contributed by atoms with E-state index in [0.29, 0.717) is 36.5 Å². The molecule has 8 heteroatoms. The summed E-state index contributed by atoms with van der Waals surface area (Å²) in [5, 5.41) is 0.471. The van der Waals surface area contributed by atoms with E-state index in [9.17, 15) is 17.6 Å². The molecule has 1 N–H and O–H groups in total. The third kappa shape index (κ3) is 5.28. The Morgan fingerprint density at radius 3 is 2.44 bits per heavy atom. The number of likely N-dealkylation sites (tertiary alicyclic amines) is 1. The Balaban J connectivity index is 1.54. The molecule has 2 aromatic rings. The Kier molecular flexibility index (Phi) is 6.14. The van der Waals surface area contributed by atoms with Crippen LogP contribution in [0.3, 0.4) is 0 Å². The van der Waals surface area contributed by atoms with Gasteiger partial charge in [-0.25, -0.2) is 17.5 Å². The summed E-state index contributed by atoms with van der Waals surface area (Å²) in [5.41, 5.74) is 0.630. The molecule has 1 heterocycles. The highest BCUT2D eigenvalue weighted by Gasteiger charge is 2.26. The van der Waals surface area contributed by atoms with Gasteiger partial charge in [0.2, 0.25) is 15.9 Å². The van der Waals surface area contributed by atoms with E-state index in [1.165, 1.54) is 36.4 Å². The van der Waals surface area contributed by atoms with Gasteiger partial charge in [-0.1, -0.05) is 23.7 Å². The number of piperidine rings is 1. The summed E-state index contributed by atoms with van der Waals surface area (Å²) in [6.45, 7) is 0.921. The summed E-state index contributed by atoms with van der Waals surface area (Å²) in [6.07, 6.45) is 1.20. The van der Waals surface area contributed by atoms with E-state index in [1.807, 2.05) is 0 Å². The zero-order chi connectivity index (χ0) is 19.4. The predicted octanol–water partition coefficient (Wildman–Crippen LogP) is 2.99. The zero-order valence-corrected chi connectivity index (χ0v) is 16.1. The van der Waals surface area contributed by atoms with Gasteiger partial charge in [-0.05, 0) is 54.8 Å². The molecule has 1 aliphatic rings. The van der Waals surface area contributed by atoms with Crippen molar-refractivity contribution in [1.29, 1.82) is 0 Å². The summed E-state index contributed by atoms with van der Waals surface area (Å²) in [5.74, 6) is -0.449. The maximum Gasteiger partial charge on any atom is 0.240 e. The first-order chi connectivity index (χ1) is 12.8. The SMILES string of the molecule is O=C(Cc1cccc(F)c1)N1CCC(NS(=O)(=O)c2ccc(Cl)cc2)CC1. The number of amides is 1. The fourth-order valence-electron chi connectivity index (χ4n) is 3.08. The number of hydrogen-bond acceptors (Lipinski definition) is 3. The van der Waals surface area contributed by atoms with Gasteiger partial charge in [0.15, 0.2) is 0 Å². The van der Waals surface area contributed by atoms with Crippen LogP contribution in [-0.2, 0) is 21.2 Å². The van der Waals surface area contributed by atoms with Crippen LogP contribution in [0.5, 0.6) is 0 Å². The van der Waals surface area contributed by atoms with Gasteiger partial charge >= 0.3 is 0 Å². The van der Waals surface area contributed by atoms with E-state index in [0.717, 1.165) is 0 Å². The summed E-state index contributed by atoms with van der Waals surface area (Å²) >= 11 is 5.79.